The van der Waals surface area contributed by atoms with Crippen LogP contribution in [0.25, 0.3) is 0 Å². The lowest BCUT2D eigenvalue weighted by atomic mass is 10.1. The second-order valence-electron chi connectivity index (χ2n) is 3.51. The molecule has 0 heterocycles. The van der Waals surface area contributed by atoms with Gasteiger partial charge in [-0.15, -0.1) is 0 Å². The van der Waals surface area contributed by atoms with Crippen LogP contribution in [0, 0.1) is 0 Å². The van der Waals surface area contributed by atoms with Gasteiger partial charge in [0.2, 0.25) is 0 Å². The molecule has 4 heteroatoms. The average molecular weight is 280 g/mol. The minimum absolute atomic E-state index is 0.873. The third kappa shape index (κ3) is 5.04. The maximum atomic E-state index is 5.05. The topological polar surface area (TPSA) is 18.5 Å². The number of para-hydroxylation sites is 2. The van der Waals surface area contributed by atoms with E-state index in [4.69, 9.17) is 9.05 Å². The SMILES string of the molecule is CCc1ccccc1OP.POc1ccccc1. The fraction of sp³-hybridized carbons (Fsp3) is 0.143. The molecule has 0 radical (unpaired) electrons. The molecular weight excluding hydrogens is 262 g/mol. The van der Waals surface area contributed by atoms with E-state index < -0.39 is 0 Å². The van der Waals surface area contributed by atoms with Gasteiger partial charge in [0.1, 0.15) is 11.5 Å². The summed E-state index contributed by atoms with van der Waals surface area (Å²) in [5.41, 5.74) is 1.25. The van der Waals surface area contributed by atoms with Crippen molar-refractivity contribution in [1.82, 2.24) is 0 Å². The van der Waals surface area contributed by atoms with E-state index in [9.17, 15) is 0 Å². The number of aryl methyl sites for hydroxylation is 1. The van der Waals surface area contributed by atoms with Crippen LogP contribution in [-0.4, -0.2) is 0 Å². The Labute approximate surface area is 113 Å². The Kier molecular flexibility index (Phi) is 7.41. The Morgan fingerprint density at radius 2 is 1.44 bits per heavy atom. The van der Waals surface area contributed by atoms with E-state index >= 15 is 0 Å². The Balaban J connectivity index is 0.000000184. The molecule has 2 aromatic carbocycles. The van der Waals surface area contributed by atoms with E-state index in [-0.39, 0.29) is 0 Å². The number of benzene rings is 2. The Hall–Kier alpha value is -1.10. The molecule has 96 valence electrons. The molecule has 0 saturated carbocycles. The van der Waals surface area contributed by atoms with E-state index in [1.54, 1.807) is 0 Å². The first-order valence-electron chi connectivity index (χ1n) is 5.68. The molecule has 2 atom stereocenters. The summed E-state index contributed by atoms with van der Waals surface area (Å²) in [6, 6.07) is 17.6. The van der Waals surface area contributed by atoms with Gasteiger partial charge < -0.3 is 9.05 Å². The summed E-state index contributed by atoms with van der Waals surface area (Å²) in [7, 11) is 4.45. The molecule has 0 bridgehead atoms. The zero-order valence-electron chi connectivity index (χ0n) is 10.4. The van der Waals surface area contributed by atoms with Crippen molar-refractivity contribution in [2.45, 2.75) is 13.3 Å². The van der Waals surface area contributed by atoms with Crippen LogP contribution in [0.15, 0.2) is 54.6 Å². The summed E-state index contributed by atoms with van der Waals surface area (Å²) in [6.45, 7) is 2.11. The van der Waals surface area contributed by atoms with E-state index in [0.29, 0.717) is 0 Å². The van der Waals surface area contributed by atoms with Gasteiger partial charge >= 0.3 is 0 Å². The zero-order chi connectivity index (χ0) is 13.2. The second kappa shape index (κ2) is 8.91. The summed E-state index contributed by atoms with van der Waals surface area (Å²) in [4.78, 5) is 0. The van der Waals surface area contributed by atoms with Crippen LogP contribution in [0.3, 0.4) is 0 Å². The van der Waals surface area contributed by atoms with Crippen LogP contribution in [0.2, 0.25) is 0 Å². The molecule has 2 unspecified atom stereocenters. The third-order valence-electron chi connectivity index (χ3n) is 2.36. The van der Waals surface area contributed by atoms with Gasteiger partial charge in [-0.05, 0) is 30.2 Å². The van der Waals surface area contributed by atoms with Crippen molar-refractivity contribution in [3.63, 3.8) is 0 Å². The highest BCUT2D eigenvalue weighted by Gasteiger charge is 1.95. The molecule has 0 fully saturated rings. The summed E-state index contributed by atoms with van der Waals surface area (Å²) in [5, 5.41) is 0. The smallest absolute Gasteiger partial charge is 0.125 e. The van der Waals surface area contributed by atoms with Crippen LogP contribution in [-0.2, 0) is 6.42 Å². The third-order valence-corrected chi connectivity index (χ3v) is 2.89. The van der Waals surface area contributed by atoms with Crippen molar-refractivity contribution in [1.29, 1.82) is 0 Å². The summed E-state index contributed by atoms with van der Waals surface area (Å²) < 4.78 is 9.88. The molecule has 2 aromatic rings. The average Bonchev–Trinajstić information content (AvgIpc) is 2.48. The lowest BCUT2D eigenvalue weighted by molar-refractivity contribution is 0.635. The number of hydrogen-bond donors (Lipinski definition) is 0. The van der Waals surface area contributed by atoms with Gasteiger partial charge in [-0.1, -0.05) is 43.3 Å². The zero-order valence-corrected chi connectivity index (χ0v) is 12.7. The summed E-state index contributed by atoms with van der Waals surface area (Å²) in [6.07, 6.45) is 1.02. The van der Waals surface area contributed by atoms with Gasteiger partial charge in [-0.25, -0.2) is 0 Å². The molecule has 0 aliphatic heterocycles. The van der Waals surface area contributed by atoms with Crippen molar-refractivity contribution < 1.29 is 9.05 Å². The van der Waals surface area contributed by atoms with E-state index in [2.05, 4.69) is 31.9 Å². The van der Waals surface area contributed by atoms with Gasteiger partial charge in [0, 0.05) is 0 Å². The van der Waals surface area contributed by atoms with Crippen molar-refractivity contribution in [3.8, 4) is 11.5 Å². The lowest BCUT2D eigenvalue weighted by Gasteiger charge is -2.03. The molecule has 0 spiro atoms. The largest absolute Gasteiger partial charge is 0.480 e. The highest BCUT2D eigenvalue weighted by molar-refractivity contribution is 7.10. The van der Waals surface area contributed by atoms with Crippen molar-refractivity contribution >= 4 is 18.9 Å². The molecule has 18 heavy (non-hydrogen) atoms. The predicted molar refractivity (Wildman–Crippen MR) is 82.9 cm³/mol. The van der Waals surface area contributed by atoms with Crippen LogP contribution in [0.4, 0.5) is 0 Å². The van der Waals surface area contributed by atoms with Crippen molar-refractivity contribution in [3.05, 3.63) is 60.2 Å². The maximum Gasteiger partial charge on any atom is 0.125 e. The van der Waals surface area contributed by atoms with Crippen molar-refractivity contribution in [2.75, 3.05) is 0 Å². The summed E-state index contributed by atoms with van der Waals surface area (Å²) in [5.74, 6) is 1.83. The van der Waals surface area contributed by atoms with Gasteiger partial charge in [-0.2, -0.15) is 0 Å². The minimum Gasteiger partial charge on any atom is -0.480 e. The van der Waals surface area contributed by atoms with Crippen molar-refractivity contribution in [2.24, 2.45) is 0 Å². The molecule has 2 nitrogen and oxygen atoms in total. The molecule has 2 rings (SSSR count). The predicted octanol–water partition coefficient (Wildman–Crippen LogP) is 4.27. The van der Waals surface area contributed by atoms with Gasteiger partial charge in [-0.3, -0.25) is 0 Å². The van der Waals surface area contributed by atoms with Crippen LogP contribution < -0.4 is 9.05 Å². The maximum absolute atomic E-state index is 5.05. The Morgan fingerprint density at radius 1 is 0.833 bits per heavy atom. The minimum atomic E-state index is 0.873. The fourth-order valence-electron chi connectivity index (χ4n) is 1.41. The monoisotopic (exact) mass is 280 g/mol. The molecular formula is C14H18O2P2. The van der Waals surface area contributed by atoms with E-state index in [1.807, 2.05) is 48.5 Å². The highest BCUT2D eigenvalue weighted by atomic mass is 31.0. The quantitative estimate of drug-likeness (QED) is 0.781. The molecule has 0 amide bonds. The number of hydrogen-bond acceptors (Lipinski definition) is 2. The van der Waals surface area contributed by atoms with Gasteiger partial charge in [0.05, 0.1) is 18.9 Å². The van der Waals surface area contributed by atoms with Gasteiger partial charge in [0.25, 0.3) is 0 Å². The standard InChI is InChI=1S/C8H11OP.C6H7OP/c1-2-7-5-3-4-6-8(7)9-10;8-7-6-4-2-1-3-5-6/h3-6H,2,10H2,1H3;1-5H,8H2. The number of rotatable bonds is 3. The molecule has 0 aliphatic carbocycles. The van der Waals surface area contributed by atoms with Crippen LogP contribution in [0.5, 0.6) is 11.5 Å². The highest BCUT2D eigenvalue weighted by Crippen LogP contribution is 2.19. The van der Waals surface area contributed by atoms with E-state index in [0.717, 1.165) is 17.9 Å². The molecule has 0 N–H and O–H groups in total. The fourth-order valence-corrected chi connectivity index (χ4v) is 1.80. The molecule has 0 aromatic heterocycles. The van der Waals surface area contributed by atoms with Gasteiger partial charge in [0.15, 0.2) is 0 Å². The first kappa shape index (κ1) is 15.0. The first-order valence-corrected chi connectivity index (χ1v) is 6.62. The van der Waals surface area contributed by atoms with Crippen LogP contribution >= 0.6 is 18.9 Å². The van der Waals surface area contributed by atoms with E-state index in [1.165, 1.54) is 5.56 Å². The second-order valence-corrected chi connectivity index (χ2v) is 3.98. The van der Waals surface area contributed by atoms with Crippen LogP contribution in [0.1, 0.15) is 12.5 Å². The summed E-state index contributed by atoms with van der Waals surface area (Å²) >= 11 is 0. The molecule has 0 aliphatic rings. The normalized spacial score (nSPS) is 9.06. The first-order chi connectivity index (χ1) is 8.81. The molecule has 0 saturated heterocycles. The Bertz CT molecular complexity index is 424. The lowest BCUT2D eigenvalue weighted by Crippen LogP contribution is -1.83. The Morgan fingerprint density at radius 3 is 1.89 bits per heavy atom.